The highest BCUT2D eigenvalue weighted by Gasteiger charge is 2.03. The van der Waals surface area contributed by atoms with Gasteiger partial charge in [0.25, 0.3) is 0 Å². The summed E-state index contributed by atoms with van der Waals surface area (Å²) in [5.74, 6) is 0.674. The van der Waals surface area contributed by atoms with Gasteiger partial charge in [-0.2, -0.15) is 5.10 Å². The number of nitrogens with zero attached hydrogens (tertiary/aromatic N) is 5. The van der Waals surface area contributed by atoms with Crippen LogP contribution in [0.2, 0.25) is 0 Å². The minimum absolute atomic E-state index is 0.649. The van der Waals surface area contributed by atoms with E-state index in [1.807, 2.05) is 62.6 Å². The molecule has 3 rings (SSSR count). The van der Waals surface area contributed by atoms with Gasteiger partial charge in [0.2, 0.25) is 5.13 Å². The molecule has 0 amide bonds. The third kappa shape index (κ3) is 5.34. The minimum Gasteiger partial charge on any atom is -0.378 e. The van der Waals surface area contributed by atoms with E-state index in [-0.39, 0.29) is 0 Å². The molecule has 0 spiro atoms. The van der Waals surface area contributed by atoms with Crippen LogP contribution in [0.1, 0.15) is 26.2 Å². The zero-order chi connectivity index (χ0) is 19.1. The number of hydrogen-bond donors (Lipinski definition) is 1. The van der Waals surface area contributed by atoms with E-state index in [0.717, 1.165) is 40.9 Å². The number of amidine groups is 1. The van der Waals surface area contributed by atoms with E-state index in [1.165, 1.54) is 11.3 Å². The Morgan fingerprint density at radius 1 is 1.11 bits per heavy atom. The molecule has 6 nitrogen and oxygen atoms in total. The molecule has 7 heteroatoms. The second-order valence-electron chi connectivity index (χ2n) is 6.35. The van der Waals surface area contributed by atoms with Crippen molar-refractivity contribution >= 4 is 43.9 Å². The van der Waals surface area contributed by atoms with Gasteiger partial charge in [0.15, 0.2) is 5.84 Å². The van der Waals surface area contributed by atoms with Crippen molar-refractivity contribution in [1.82, 2.24) is 4.98 Å². The predicted molar refractivity (Wildman–Crippen MR) is 115 cm³/mol. The number of fused-ring (bicyclic) bond motifs is 1. The van der Waals surface area contributed by atoms with Gasteiger partial charge in [0, 0.05) is 26.2 Å². The van der Waals surface area contributed by atoms with Crippen LogP contribution in [-0.4, -0.2) is 24.9 Å². The molecular formula is C20H24N6S. The zero-order valence-electron chi connectivity index (χ0n) is 15.9. The normalized spacial score (nSPS) is 12.0. The highest BCUT2D eigenvalue weighted by atomic mass is 32.1. The maximum absolute atomic E-state index is 4.49. The first-order valence-corrected chi connectivity index (χ1v) is 9.84. The summed E-state index contributed by atoms with van der Waals surface area (Å²) in [6.07, 6.45) is 2.86. The Kier molecular flexibility index (Phi) is 6.49. The third-order valence-electron chi connectivity index (χ3n) is 3.99. The molecule has 1 N–H and O–H groups in total. The molecule has 0 aliphatic carbocycles. The average Bonchev–Trinajstić information content (AvgIpc) is 3.10. The molecule has 0 radical (unpaired) electrons. The number of para-hydroxylation sites is 1. The number of anilines is 2. The fraction of sp³-hybridized carbons (Fsp3) is 0.300. The molecule has 1 heterocycles. The van der Waals surface area contributed by atoms with E-state index in [0.29, 0.717) is 11.0 Å². The van der Waals surface area contributed by atoms with Gasteiger partial charge in [-0.15, -0.1) is 10.2 Å². The molecule has 140 valence electrons. The minimum atomic E-state index is 0.649. The van der Waals surface area contributed by atoms with Gasteiger partial charge in [-0.25, -0.2) is 4.98 Å². The number of aromatic nitrogens is 1. The lowest BCUT2D eigenvalue weighted by Gasteiger charge is -2.12. The van der Waals surface area contributed by atoms with Crippen LogP contribution >= 0.6 is 11.3 Å². The van der Waals surface area contributed by atoms with Gasteiger partial charge >= 0.3 is 0 Å². The molecule has 2 aromatic carbocycles. The summed E-state index contributed by atoms with van der Waals surface area (Å²) in [5.41, 5.74) is 6.09. The molecule has 0 atom stereocenters. The Balaban J connectivity index is 1.72. The smallest absolute Gasteiger partial charge is 0.231 e. The molecule has 0 saturated heterocycles. The van der Waals surface area contributed by atoms with Crippen LogP contribution in [0.25, 0.3) is 10.2 Å². The lowest BCUT2D eigenvalue weighted by atomic mass is 10.2. The molecule has 27 heavy (non-hydrogen) atoms. The van der Waals surface area contributed by atoms with Crippen LogP contribution in [0.5, 0.6) is 0 Å². The molecule has 0 unspecified atom stereocenters. The van der Waals surface area contributed by atoms with Crippen LogP contribution in [-0.2, 0) is 0 Å². The predicted octanol–water partition coefficient (Wildman–Crippen LogP) is 6.06. The topological polar surface area (TPSA) is 65.2 Å². The maximum atomic E-state index is 4.49. The molecule has 0 bridgehead atoms. The Bertz CT molecular complexity index is 894. The van der Waals surface area contributed by atoms with E-state index < -0.39 is 0 Å². The van der Waals surface area contributed by atoms with Gasteiger partial charge < -0.3 is 4.90 Å². The average molecular weight is 381 g/mol. The Hall–Kier alpha value is -2.80. The summed E-state index contributed by atoms with van der Waals surface area (Å²) < 4.78 is 1.11. The molecule has 1 aromatic heterocycles. The maximum Gasteiger partial charge on any atom is 0.231 e. The van der Waals surface area contributed by atoms with Crippen LogP contribution in [0.3, 0.4) is 0 Å². The lowest BCUT2D eigenvalue weighted by Crippen LogP contribution is -2.08. The van der Waals surface area contributed by atoms with Crippen LogP contribution in [0.15, 0.2) is 63.9 Å². The first-order valence-electron chi connectivity index (χ1n) is 9.03. The molecule has 0 aliphatic heterocycles. The van der Waals surface area contributed by atoms with E-state index in [2.05, 4.69) is 37.6 Å². The SMILES string of the molecule is CCCC/C(N=Nc1nc2ccccc2s1)=N/Nc1ccc(N(C)C)cc1. The van der Waals surface area contributed by atoms with Crippen molar-refractivity contribution in [3.8, 4) is 0 Å². The number of unbranched alkanes of at least 4 members (excludes halogenated alkanes) is 1. The quantitative estimate of drug-likeness (QED) is 0.234. The Labute approximate surface area is 163 Å². The van der Waals surface area contributed by atoms with E-state index in [9.17, 15) is 0 Å². The fourth-order valence-corrected chi connectivity index (χ4v) is 3.22. The van der Waals surface area contributed by atoms with Crippen molar-refractivity contribution < 1.29 is 0 Å². The summed E-state index contributed by atoms with van der Waals surface area (Å²) in [7, 11) is 4.04. The number of benzene rings is 2. The summed E-state index contributed by atoms with van der Waals surface area (Å²) >= 11 is 1.53. The summed E-state index contributed by atoms with van der Waals surface area (Å²) in [6.45, 7) is 2.15. The Morgan fingerprint density at radius 3 is 2.59 bits per heavy atom. The zero-order valence-corrected chi connectivity index (χ0v) is 16.7. The summed E-state index contributed by atoms with van der Waals surface area (Å²) in [6, 6.07) is 16.1. The van der Waals surface area contributed by atoms with E-state index >= 15 is 0 Å². The third-order valence-corrected chi connectivity index (χ3v) is 4.91. The van der Waals surface area contributed by atoms with Gasteiger partial charge in [0.1, 0.15) is 0 Å². The lowest BCUT2D eigenvalue weighted by molar-refractivity contribution is 0.826. The number of azo groups is 1. The Morgan fingerprint density at radius 2 is 1.89 bits per heavy atom. The largest absolute Gasteiger partial charge is 0.378 e. The number of thiazole rings is 1. The standard InChI is InChI=1S/C20H24N6S/c1-4-5-10-19(23-22-15-11-13-16(14-12-15)26(2)3)24-25-20-21-17-8-6-7-9-18(17)27-20/h6-9,11-14,22H,4-5,10H2,1-3H3/b23-19-,25-24?. The van der Waals surface area contributed by atoms with Gasteiger partial charge in [-0.3, -0.25) is 5.43 Å². The second-order valence-corrected chi connectivity index (χ2v) is 7.36. The van der Waals surface area contributed by atoms with Crippen LogP contribution < -0.4 is 10.3 Å². The van der Waals surface area contributed by atoms with Crippen LogP contribution in [0, 0.1) is 0 Å². The van der Waals surface area contributed by atoms with Crippen molar-refractivity contribution in [2.24, 2.45) is 15.3 Å². The monoisotopic (exact) mass is 380 g/mol. The van der Waals surface area contributed by atoms with Gasteiger partial charge in [-0.05, 0) is 42.8 Å². The highest BCUT2D eigenvalue weighted by Crippen LogP contribution is 2.28. The number of hydrazone groups is 1. The molecule has 0 aliphatic rings. The van der Waals surface area contributed by atoms with Gasteiger partial charge in [0.05, 0.1) is 15.9 Å². The fourth-order valence-electron chi connectivity index (χ4n) is 2.43. The summed E-state index contributed by atoms with van der Waals surface area (Å²) in [5, 5.41) is 13.7. The van der Waals surface area contributed by atoms with Crippen molar-refractivity contribution in [3.05, 3.63) is 48.5 Å². The number of hydrogen-bond acceptors (Lipinski definition) is 6. The first-order chi connectivity index (χ1) is 13.2. The number of nitrogens with one attached hydrogen (secondary N) is 1. The van der Waals surface area contributed by atoms with Crippen molar-refractivity contribution in [2.75, 3.05) is 24.4 Å². The molecule has 3 aromatic rings. The van der Waals surface area contributed by atoms with Gasteiger partial charge in [-0.1, -0.05) is 36.8 Å². The second kappa shape index (κ2) is 9.23. The van der Waals surface area contributed by atoms with Crippen LogP contribution in [0.4, 0.5) is 16.5 Å². The van der Waals surface area contributed by atoms with E-state index in [4.69, 9.17) is 0 Å². The van der Waals surface area contributed by atoms with Crippen molar-refractivity contribution in [3.63, 3.8) is 0 Å². The van der Waals surface area contributed by atoms with Crippen molar-refractivity contribution in [2.45, 2.75) is 26.2 Å². The molecule has 0 saturated carbocycles. The van der Waals surface area contributed by atoms with Crippen molar-refractivity contribution in [1.29, 1.82) is 0 Å². The summed E-state index contributed by atoms with van der Waals surface area (Å²) in [4.78, 5) is 6.55. The number of rotatable bonds is 7. The molecular weight excluding hydrogens is 356 g/mol. The van der Waals surface area contributed by atoms with E-state index in [1.54, 1.807) is 0 Å². The highest BCUT2D eigenvalue weighted by molar-refractivity contribution is 7.21. The first kappa shape index (κ1) is 19.0. The molecule has 0 fully saturated rings.